The normalized spacial score (nSPS) is 13.3. The third-order valence-corrected chi connectivity index (χ3v) is 8.76. The van der Waals surface area contributed by atoms with Gasteiger partial charge < -0.3 is 0 Å². The third kappa shape index (κ3) is 4.05. The maximum Gasteiger partial charge on any atom is 0.164 e. The van der Waals surface area contributed by atoms with E-state index < -0.39 is 0 Å². The number of benzene rings is 5. The van der Waals surface area contributed by atoms with E-state index in [9.17, 15) is 5.26 Å². The molecule has 1 aliphatic heterocycles. The van der Waals surface area contributed by atoms with Crippen LogP contribution in [0.2, 0.25) is 0 Å². The van der Waals surface area contributed by atoms with Crippen LogP contribution in [-0.4, -0.2) is 15.0 Å². The van der Waals surface area contributed by atoms with Crippen molar-refractivity contribution in [3.63, 3.8) is 0 Å². The second-order valence-electron chi connectivity index (χ2n) is 10.5. The zero-order valence-electron chi connectivity index (χ0n) is 22.1. The molecule has 0 saturated carbocycles. The van der Waals surface area contributed by atoms with Crippen LogP contribution in [0.1, 0.15) is 30.5 Å². The molecule has 5 aromatic carbocycles. The molecule has 40 heavy (non-hydrogen) atoms. The van der Waals surface area contributed by atoms with E-state index in [1.54, 1.807) is 11.8 Å². The Morgan fingerprint density at radius 2 is 1.27 bits per heavy atom. The second kappa shape index (κ2) is 9.44. The third-order valence-electron chi connectivity index (χ3n) is 7.61. The van der Waals surface area contributed by atoms with Crippen molar-refractivity contribution in [3.05, 3.63) is 126 Å². The molecule has 0 N–H and O–H groups in total. The Morgan fingerprint density at radius 3 is 2.08 bits per heavy atom. The maximum atomic E-state index is 9.52. The lowest BCUT2D eigenvalue weighted by atomic mass is 9.76. The molecule has 5 heteroatoms. The van der Waals surface area contributed by atoms with Crippen LogP contribution in [-0.2, 0) is 5.41 Å². The van der Waals surface area contributed by atoms with Crippen LogP contribution in [0.5, 0.6) is 0 Å². The van der Waals surface area contributed by atoms with E-state index in [1.807, 2.05) is 54.6 Å². The predicted molar refractivity (Wildman–Crippen MR) is 161 cm³/mol. The topological polar surface area (TPSA) is 62.5 Å². The number of hydrogen-bond donors (Lipinski definition) is 0. The van der Waals surface area contributed by atoms with Gasteiger partial charge in [-0.25, -0.2) is 15.0 Å². The van der Waals surface area contributed by atoms with Crippen LogP contribution in [0.15, 0.2) is 119 Å². The average Bonchev–Trinajstić information content (AvgIpc) is 3.01. The van der Waals surface area contributed by atoms with Gasteiger partial charge in [-0.3, -0.25) is 0 Å². The smallest absolute Gasteiger partial charge is 0.164 e. The van der Waals surface area contributed by atoms with E-state index in [-0.39, 0.29) is 5.41 Å². The summed E-state index contributed by atoms with van der Waals surface area (Å²) in [5.74, 6) is 1.93. The van der Waals surface area contributed by atoms with Crippen LogP contribution >= 0.6 is 11.8 Å². The largest absolute Gasteiger partial charge is 0.208 e. The van der Waals surface area contributed by atoms with Crippen molar-refractivity contribution < 1.29 is 0 Å². The van der Waals surface area contributed by atoms with Gasteiger partial charge in [0.15, 0.2) is 17.5 Å². The molecule has 0 amide bonds. The van der Waals surface area contributed by atoms with E-state index in [0.717, 1.165) is 27.5 Å². The highest BCUT2D eigenvalue weighted by molar-refractivity contribution is 7.99. The van der Waals surface area contributed by atoms with Gasteiger partial charge in [-0.2, -0.15) is 5.26 Å². The number of nitriles is 1. The van der Waals surface area contributed by atoms with Crippen LogP contribution in [0.4, 0.5) is 0 Å². The highest BCUT2D eigenvalue weighted by atomic mass is 32.2. The van der Waals surface area contributed by atoms with E-state index in [4.69, 9.17) is 15.0 Å². The highest BCUT2D eigenvalue weighted by Gasteiger charge is 2.34. The Labute approximate surface area is 237 Å². The summed E-state index contributed by atoms with van der Waals surface area (Å²) in [6, 6.07) is 39.4. The molecule has 0 saturated heterocycles. The SMILES string of the molecule is CC1(C)c2cc(C#N)ccc2Sc2ccc(-c3nc(-c4ccccc4)nc(-c4cccc5ccccc45)n3)cc21. The summed E-state index contributed by atoms with van der Waals surface area (Å²) in [5, 5.41) is 11.8. The van der Waals surface area contributed by atoms with Crippen LogP contribution in [0.25, 0.3) is 44.9 Å². The van der Waals surface area contributed by atoms with Gasteiger partial charge in [-0.15, -0.1) is 0 Å². The summed E-state index contributed by atoms with van der Waals surface area (Å²) >= 11 is 1.75. The van der Waals surface area contributed by atoms with Gasteiger partial charge in [0.1, 0.15) is 0 Å². The molecule has 0 spiro atoms. The number of fused-ring (bicyclic) bond motifs is 3. The molecule has 0 bridgehead atoms. The molecule has 6 aromatic rings. The lowest BCUT2D eigenvalue weighted by molar-refractivity contribution is 0.607. The molecule has 2 heterocycles. The van der Waals surface area contributed by atoms with Crippen molar-refractivity contribution in [3.8, 4) is 40.2 Å². The van der Waals surface area contributed by atoms with Gasteiger partial charge in [0.25, 0.3) is 0 Å². The molecule has 0 atom stereocenters. The van der Waals surface area contributed by atoms with E-state index in [1.165, 1.54) is 20.9 Å². The molecule has 190 valence electrons. The number of rotatable bonds is 3. The maximum absolute atomic E-state index is 9.52. The highest BCUT2D eigenvalue weighted by Crippen LogP contribution is 2.50. The molecule has 7 rings (SSSR count). The second-order valence-corrected chi connectivity index (χ2v) is 11.5. The summed E-state index contributed by atoms with van der Waals surface area (Å²) in [4.78, 5) is 17.4. The monoisotopic (exact) mass is 532 g/mol. The summed E-state index contributed by atoms with van der Waals surface area (Å²) < 4.78 is 0. The molecule has 1 aromatic heterocycles. The van der Waals surface area contributed by atoms with Crippen molar-refractivity contribution in [1.82, 2.24) is 15.0 Å². The molecule has 0 radical (unpaired) electrons. The van der Waals surface area contributed by atoms with E-state index >= 15 is 0 Å². The van der Waals surface area contributed by atoms with Gasteiger partial charge in [0.05, 0.1) is 11.6 Å². The minimum absolute atomic E-state index is 0.285. The van der Waals surface area contributed by atoms with Crippen LogP contribution < -0.4 is 0 Å². The first-order valence-electron chi connectivity index (χ1n) is 13.2. The standard InChI is InChI=1S/C35H24N4S/c1-35(2)28-19-22(21-36)15-17-30(28)40-31-18-16-25(20-29(31)35)33-37-32(24-10-4-3-5-11-24)38-34(39-33)27-14-8-12-23-9-6-7-13-26(23)27/h3-20H,1-2H3. The van der Waals surface area contributed by atoms with Crippen molar-refractivity contribution >= 4 is 22.5 Å². The average molecular weight is 533 g/mol. The Bertz CT molecular complexity index is 1970. The van der Waals surface area contributed by atoms with Gasteiger partial charge in [-0.05, 0) is 52.2 Å². The van der Waals surface area contributed by atoms with Crippen LogP contribution in [0, 0.1) is 11.3 Å². The van der Waals surface area contributed by atoms with Gasteiger partial charge in [0.2, 0.25) is 0 Å². The minimum Gasteiger partial charge on any atom is -0.208 e. The summed E-state index contributed by atoms with van der Waals surface area (Å²) in [6.45, 7) is 4.44. The van der Waals surface area contributed by atoms with E-state index in [0.29, 0.717) is 23.0 Å². The number of hydrogen-bond acceptors (Lipinski definition) is 5. The quantitative estimate of drug-likeness (QED) is 0.228. The summed E-state index contributed by atoms with van der Waals surface area (Å²) in [5.41, 5.74) is 5.62. The minimum atomic E-state index is -0.285. The number of nitrogens with zero attached hydrogens (tertiary/aromatic N) is 4. The molecule has 1 aliphatic rings. The molecule has 0 aliphatic carbocycles. The molecular weight excluding hydrogens is 508 g/mol. The van der Waals surface area contributed by atoms with Gasteiger partial charge in [-0.1, -0.05) is 104 Å². The first kappa shape index (κ1) is 24.3. The fourth-order valence-corrected chi connectivity index (χ4v) is 6.81. The van der Waals surface area contributed by atoms with E-state index in [2.05, 4.69) is 74.5 Å². The van der Waals surface area contributed by atoms with Crippen molar-refractivity contribution in [2.24, 2.45) is 0 Å². The van der Waals surface area contributed by atoms with Crippen molar-refractivity contribution in [1.29, 1.82) is 5.26 Å². The zero-order valence-corrected chi connectivity index (χ0v) is 22.9. The van der Waals surface area contributed by atoms with Crippen molar-refractivity contribution in [2.45, 2.75) is 29.1 Å². The Kier molecular flexibility index (Phi) is 5.73. The fourth-order valence-electron chi connectivity index (χ4n) is 5.45. The lowest BCUT2D eigenvalue weighted by Gasteiger charge is -2.35. The molecular formula is C35H24N4S. The number of aromatic nitrogens is 3. The first-order valence-corrected chi connectivity index (χ1v) is 14.0. The fraction of sp³-hybridized carbons (Fsp3) is 0.0857. The zero-order chi connectivity index (χ0) is 27.3. The van der Waals surface area contributed by atoms with Crippen LogP contribution in [0.3, 0.4) is 0 Å². The molecule has 0 fully saturated rings. The lowest BCUT2D eigenvalue weighted by Crippen LogP contribution is -2.24. The van der Waals surface area contributed by atoms with Gasteiger partial charge in [0, 0.05) is 31.9 Å². The first-order chi connectivity index (χ1) is 19.5. The predicted octanol–water partition coefficient (Wildman–Crippen LogP) is 8.69. The van der Waals surface area contributed by atoms with Gasteiger partial charge >= 0.3 is 0 Å². The van der Waals surface area contributed by atoms with Crippen molar-refractivity contribution in [2.75, 3.05) is 0 Å². The Hall–Kier alpha value is -4.79. The Morgan fingerprint density at radius 1 is 0.625 bits per heavy atom. The summed E-state index contributed by atoms with van der Waals surface area (Å²) in [7, 11) is 0. The molecule has 0 unspecified atom stereocenters. The summed E-state index contributed by atoms with van der Waals surface area (Å²) in [6.07, 6.45) is 0. The molecule has 4 nitrogen and oxygen atoms in total. The Balaban J connectivity index is 1.42.